The summed E-state index contributed by atoms with van der Waals surface area (Å²) in [5.74, 6) is -0.318. The number of aromatic nitrogens is 3. The predicted molar refractivity (Wildman–Crippen MR) is 89.6 cm³/mol. The molecule has 1 atom stereocenters. The molecule has 3 rings (SSSR count). The molecule has 3 aromatic rings. The van der Waals surface area contributed by atoms with Crippen LogP contribution in [0.25, 0.3) is 11.0 Å². The van der Waals surface area contributed by atoms with Crippen LogP contribution >= 0.6 is 0 Å². The van der Waals surface area contributed by atoms with Crippen LogP contribution in [-0.2, 0) is 4.79 Å². The molecule has 0 saturated carbocycles. The number of benzene rings is 1. The van der Waals surface area contributed by atoms with E-state index >= 15 is 0 Å². The zero-order valence-electron chi connectivity index (χ0n) is 13.6. The smallest absolute Gasteiger partial charge is 0.263 e. The van der Waals surface area contributed by atoms with Crippen molar-refractivity contribution in [1.82, 2.24) is 14.5 Å². The number of hydrogen-bond donors (Lipinski definition) is 2. The van der Waals surface area contributed by atoms with Gasteiger partial charge in [-0.3, -0.25) is 14.2 Å². The van der Waals surface area contributed by atoms with Crippen molar-refractivity contribution in [2.45, 2.75) is 26.8 Å². The lowest BCUT2D eigenvalue weighted by molar-refractivity contribution is -0.118. The van der Waals surface area contributed by atoms with Gasteiger partial charge in [-0.25, -0.2) is 9.37 Å². The molecular formula is C17H17FN4O2. The summed E-state index contributed by atoms with van der Waals surface area (Å²) >= 11 is 0. The molecule has 124 valence electrons. The molecule has 1 unspecified atom stereocenters. The maximum absolute atomic E-state index is 12.9. The van der Waals surface area contributed by atoms with Gasteiger partial charge in [0.15, 0.2) is 0 Å². The van der Waals surface area contributed by atoms with E-state index in [1.54, 1.807) is 19.9 Å². The first-order chi connectivity index (χ1) is 11.4. The molecule has 0 radical (unpaired) electrons. The first-order valence-electron chi connectivity index (χ1n) is 7.51. The minimum absolute atomic E-state index is 0.274. The Kier molecular flexibility index (Phi) is 3.92. The van der Waals surface area contributed by atoms with Gasteiger partial charge < -0.3 is 10.3 Å². The number of aryl methyl sites for hydroxylation is 2. The van der Waals surface area contributed by atoms with Crippen LogP contribution in [0, 0.1) is 19.7 Å². The second-order valence-corrected chi connectivity index (χ2v) is 5.72. The molecule has 0 spiro atoms. The highest BCUT2D eigenvalue weighted by Gasteiger charge is 2.21. The van der Waals surface area contributed by atoms with Crippen LogP contribution in [0.4, 0.5) is 10.1 Å². The molecule has 24 heavy (non-hydrogen) atoms. The highest BCUT2D eigenvalue weighted by molar-refractivity contribution is 5.93. The van der Waals surface area contributed by atoms with E-state index in [1.165, 1.54) is 28.8 Å². The van der Waals surface area contributed by atoms with E-state index in [1.807, 2.05) is 6.92 Å². The number of anilines is 1. The molecule has 2 heterocycles. The normalized spacial score (nSPS) is 12.3. The van der Waals surface area contributed by atoms with Crippen molar-refractivity contribution in [1.29, 1.82) is 0 Å². The van der Waals surface area contributed by atoms with Gasteiger partial charge in [0.1, 0.15) is 23.3 Å². The monoisotopic (exact) mass is 328 g/mol. The Balaban J connectivity index is 1.95. The fourth-order valence-corrected chi connectivity index (χ4v) is 2.67. The van der Waals surface area contributed by atoms with Crippen molar-refractivity contribution >= 4 is 22.6 Å². The highest BCUT2D eigenvalue weighted by atomic mass is 19.1. The Morgan fingerprint density at radius 3 is 2.62 bits per heavy atom. The first-order valence-corrected chi connectivity index (χ1v) is 7.51. The van der Waals surface area contributed by atoms with E-state index in [2.05, 4.69) is 15.3 Å². The summed E-state index contributed by atoms with van der Waals surface area (Å²) in [6, 6.07) is 6.40. The third-order valence-corrected chi connectivity index (χ3v) is 3.88. The number of carbonyl (C=O) groups excluding carboxylic acids is 1. The molecule has 7 heteroatoms. The third-order valence-electron chi connectivity index (χ3n) is 3.88. The average Bonchev–Trinajstić information content (AvgIpc) is 2.90. The number of halogens is 1. The Hall–Kier alpha value is -2.96. The molecule has 0 fully saturated rings. The van der Waals surface area contributed by atoms with Crippen LogP contribution in [0.15, 0.2) is 35.1 Å². The summed E-state index contributed by atoms with van der Waals surface area (Å²) in [6.07, 6.45) is 0. The van der Waals surface area contributed by atoms with Crippen molar-refractivity contribution in [3.05, 3.63) is 58.0 Å². The van der Waals surface area contributed by atoms with Gasteiger partial charge in [0.2, 0.25) is 5.91 Å². The van der Waals surface area contributed by atoms with Gasteiger partial charge in [0.05, 0.1) is 5.39 Å². The van der Waals surface area contributed by atoms with Crippen molar-refractivity contribution in [3.8, 4) is 0 Å². The Bertz CT molecular complexity index is 973. The average molecular weight is 328 g/mol. The zero-order chi connectivity index (χ0) is 17.4. The van der Waals surface area contributed by atoms with Gasteiger partial charge in [-0.05, 0) is 51.1 Å². The highest BCUT2D eigenvalue weighted by Crippen LogP contribution is 2.15. The van der Waals surface area contributed by atoms with Crippen molar-refractivity contribution in [2.24, 2.45) is 0 Å². The van der Waals surface area contributed by atoms with Crippen molar-refractivity contribution < 1.29 is 9.18 Å². The third kappa shape index (κ3) is 2.80. The largest absolute Gasteiger partial charge is 0.343 e. The van der Waals surface area contributed by atoms with Gasteiger partial charge in [-0.1, -0.05) is 0 Å². The minimum atomic E-state index is -0.755. The number of H-pyrrole nitrogens is 1. The summed E-state index contributed by atoms with van der Waals surface area (Å²) in [4.78, 5) is 32.5. The van der Waals surface area contributed by atoms with Crippen LogP contribution in [-0.4, -0.2) is 20.4 Å². The summed E-state index contributed by atoms with van der Waals surface area (Å²) in [5, 5.41) is 3.12. The number of fused-ring (bicyclic) bond motifs is 1. The molecule has 0 bridgehead atoms. The van der Waals surface area contributed by atoms with Crippen LogP contribution in [0.2, 0.25) is 0 Å². The summed E-state index contributed by atoms with van der Waals surface area (Å²) in [6.45, 7) is 5.14. The van der Waals surface area contributed by atoms with Gasteiger partial charge in [-0.15, -0.1) is 0 Å². The molecule has 0 saturated heterocycles. The standard InChI is InChI=1S/C17H17FN4O2/c1-9-8-14-15(19-9)20-11(3)22(17(14)24)10(2)16(23)21-13-6-4-12(18)5-7-13/h4-8,10,19H,1-3H3,(H,21,23). The number of rotatable bonds is 3. The second-order valence-electron chi connectivity index (χ2n) is 5.72. The van der Waals surface area contributed by atoms with Crippen molar-refractivity contribution in [3.63, 3.8) is 0 Å². The molecular weight excluding hydrogens is 311 g/mol. The van der Waals surface area contributed by atoms with E-state index in [-0.39, 0.29) is 17.3 Å². The maximum Gasteiger partial charge on any atom is 0.263 e. The molecule has 0 aliphatic rings. The molecule has 0 aliphatic heterocycles. The molecule has 6 nitrogen and oxygen atoms in total. The van der Waals surface area contributed by atoms with E-state index in [4.69, 9.17) is 0 Å². The van der Waals surface area contributed by atoms with Crippen molar-refractivity contribution in [2.75, 3.05) is 5.32 Å². The first kappa shape index (κ1) is 15.9. The Morgan fingerprint density at radius 2 is 1.96 bits per heavy atom. The molecule has 2 N–H and O–H groups in total. The molecule has 0 aliphatic carbocycles. The number of aromatic amines is 1. The summed E-state index contributed by atoms with van der Waals surface area (Å²) in [7, 11) is 0. The second kappa shape index (κ2) is 5.92. The SMILES string of the molecule is Cc1cc2c(=O)n(C(C)C(=O)Nc3ccc(F)cc3)c(C)nc2[nH]1. The van der Waals surface area contributed by atoms with Crippen LogP contribution in [0.5, 0.6) is 0 Å². The quantitative estimate of drug-likeness (QED) is 0.776. The van der Waals surface area contributed by atoms with Crippen LogP contribution in [0.1, 0.15) is 24.5 Å². The summed E-state index contributed by atoms with van der Waals surface area (Å²) < 4.78 is 14.3. The number of hydrogen-bond acceptors (Lipinski definition) is 3. The van der Waals surface area contributed by atoms with E-state index in [9.17, 15) is 14.0 Å². The topological polar surface area (TPSA) is 79.8 Å². The Labute approximate surface area is 137 Å². The molecule has 2 aromatic heterocycles. The summed E-state index contributed by atoms with van der Waals surface area (Å²) in [5.41, 5.74) is 1.53. The number of carbonyl (C=O) groups is 1. The maximum atomic E-state index is 12.9. The number of nitrogens with zero attached hydrogens (tertiary/aromatic N) is 2. The van der Waals surface area contributed by atoms with E-state index < -0.39 is 6.04 Å². The molecule has 1 amide bonds. The van der Waals surface area contributed by atoms with Gasteiger partial charge >= 0.3 is 0 Å². The van der Waals surface area contributed by atoms with E-state index in [0.717, 1.165) is 5.69 Å². The fourth-order valence-electron chi connectivity index (χ4n) is 2.67. The van der Waals surface area contributed by atoms with Gasteiger partial charge in [0.25, 0.3) is 5.56 Å². The number of amides is 1. The fraction of sp³-hybridized carbons (Fsp3) is 0.235. The zero-order valence-corrected chi connectivity index (χ0v) is 13.6. The lowest BCUT2D eigenvalue weighted by Crippen LogP contribution is -2.33. The van der Waals surface area contributed by atoms with Crippen LogP contribution in [0.3, 0.4) is 0 Å². The van der Waals surface area contributed by atoms with Gasteiger partial charge in [0, 0.05) is 11.4 Å². The Morgan fingerprint density at radius 1 is 1.29 bits per heavy atom. The minimum Gasteiger partial charge on any atom is -0.343 e. The van der Waals surface area contributed by atoms with Crippen LogP contribution < -0.4 is 10.9 Å². The number of nitrogens with one attached hydrogen (secondary N) is 2. The van der Waals surface area contributed by atoms with Gasteiger partial charge in [-0.2, -0.15) is 0 Å². The lowest BCUT2D eigenvalue weighted by atomic mass is 10.2. The molecule has 1 aromatic carbocycles. The lowest BCUT2D eigenvalue weighted by Gasteiger charge is -2.17. The van der Waals surface area contributed by atoms with E-state index in [0.29, 0.717) is 22.5 Å². The predicted octanol–water partition coefficient (Wildman–Crippen LogP) is 2.68.